The summed E-state index contributed by atoms with van der Waals surface area (Å²) < 4.78 is 18.4. The molecule has 1 amide bonds. The van der Waals surface area contributed by atoms with Gasteiger partial charge in [0.2, 0.25) is 0 Å². The second kappa shape index (κ2) is 6.65. The normalized spacial score (nSPS) is 18.1. The van der Waals surface area contributed by atoms with E-state index in [1.807, 2.05) is 32.9 Å². The monoisotopic (exact) mass is 308 g/mol. The Balaban J connectivity index is 1.89. The highest BCUT2D eigenvalue weighted by Crippen LogP contribution is 2.22. The summed E-state index contributed by atoms with van der Waals surface area (Å²) in [5, 5.41) is 0. The number of benzene rings is 1. The van der Waals surface area contributed by atoms with Gasteiger partial charge in [-0.15, -0.1) is 0 Å². The van der Waals surface area contributed by atoms with E-state index in [0.29, 0.717) is 13.1 Å². The summed E-state index contributed by atoms with van der Waals surface area (Å²) in [6.07, 6.45) is -0.249. The minimum Gasteiger partial charge on any atom is -0.444 e. The van der Waals surface area contributed by atoms with Crippen LogP contribution < -0.4 is 0 Å². The quantitative estimate of drug-likeness (QED) is 0.839. The third-order valence-electron chi connectivity index (χ3n) is 3.87. The van der Waals surface area contributed by atoms with Gasteiger partial charge in [-0.3, -0.25) is 4.90 Å². The first kappa shape index (κ1) is 16.7. The average molecular weight is 308 g/mol. The molecule has 122 valence electrons. The third kappa shape index (κ3) is 4.44. The molecule has 1 heterocycles. The van der Waals surface area contributed by atoms with Crippen molar-refractivity contribution in [2.24, 2.45) is 0 Å². The van der Waals surface area contributed by atoms with Crippen LogP contribution in [0.5, 0.6) is 0 Å². The Morgan fingerprint density at radius 1 is 1.14 bits per heavy atom. The smallest absolute Gasteiger partial charge is 0.410 e. The number of amides is 1. The summed E-state index contributed by atoms with van der Waals surface area (Å²) in [6.45, 7) is 10.6. The van der Waals surface area contributed by atoms with Crippen LogP contribution in [0.15, 0.2) is 24.3 Å². The molecule has 5 heteroatoms. The minimum absolute atomic E-state index is 0.210. The van der Waals surface area contributed by atoms with Crippen LogP contribution in [0.3, 0.4) is 0 Å². The van der Waals surface area contributed by atoms with Gasteiger partial charge in [-0.1, -0.05) is 12.1 Å². The molecule has 1 saturated heterocycles. The fourth-order valence-corrected chi connectivity index (χ4v) is 2.57. The zero-order valence-electron chi connectivity index (χ0n) is 13.8. The molecular weight excluding hydrogens is 283 g/mol. The van der Waals surface area contributed by atoms with Crippen LogP contribution in [-0.2, 0) is 4.74 Å². The standard InChI is InChI=1S/C17H25FN2O2/c1-13(14-5-7-15(18)8-6-14)19-9-11-20(12-10-19)16(21)22-17(2,3)4/h5-8,13H,9-12H2,1-4H3/t13-/m0/s1. The van der Waals surface area contributed by atoms with Crippen molar-refractivity contribution in [1.82, 2.24) is 9.80 Å². The van der Waals surface area contributed by atoms with Crippen molar-refractivity contribution >= 4 is 6.09 Å². The molecule has 0 aliphatic carbocycles. The number of halogens is 1. The number of rotatable bonds is 2. The van der Waals surface area contributed by atoms with Crippen LogP contribution in [0.2, 0.25) is 0 Å². The Bertz CT molecular complexity index is 502. The van der Waals surface area contributed by atoms with Crippen molar-refractivity contribution in [3.05, 3.63) is 35.6 Å². The Hall–Kier alpha value is -1.62. The molecule has 22 heavy (non-hydrogen) atoms. The highest BCUT2D eigenvalue weighted by atomic mass is 19.1. The van der Waals surface area contributed by atoms with E-state index in [4.69, 9.17) is 4.74 Å². The van der Waals surface area contributed by atoms with E-state index >= 15 is 0 Å². The van der Waals surface area contributed by atoms with Crippen LogP contribution in [0.1, 0.15) is 39.3 Å². The zero-order chi connectivity index (χ0) is 16.3. The Morgan fingerprint density at radius 2 is 1.68 bits per heavy atom. The van der Waals surface area contributed by atoms with Crippen LogP contribution in [-0.4, -0.2) is 47.7 Å². The molecule has 0 saturated carbocycles. The van der Waals surface area contributed by atoms with Crippen molar-refractivity contribution in [2.75, 3.05) is 26.2 Å². The first-order valence-corrected chi connectivity index (χ1v) is 7.74. The molecule has 0 unspecified atom stereocenters. The number of hydrogen-bond acceptors (Lipinski definition) is 3. The maximum atomic E-state index is 13.0. The molecule has 1 aliphatic heterocycles. The summed E-state index contributed by atoms with van der Waals surface area (Å²) in [5.74, 6) is -0.217. The van der Waals surface area contributed by atoms with E-state index in [-0.39, 0.29) is 18.0 Å². The van der Waals surface area contributed by atoms with Crippen LogP contribution in [0, 0.1) is 5.82 Å². The number of carbonyl (C=O) groups excluding carboxylic acids is 1. The first-order chi connectivity index (χ1) is 10.3. The molecular formula is C17H25FN2O2. The van der Waals surface area contributed by atoms with Gasteiger partial charge in [-0.05, 0) is 45.4 Å². The molecule has 1 atom stereocenters. The van der Waals surface area contributed by atoms with Crippen LogP contribution in [0.4, 0.5) is 9.18 Å². The molecule has 0 spiro atoms. The van der Waals surface area contributed by atoms with Gasteiger partial charge < -0.3 is 9.64 Å². The molecule has 2 rings (SSSR count). The van der Waals surface area contributed by atoms with Crippen molar-refractivity contribution in [3.63, 3.8) is 0 Å². The van der Waals surface area contributed by atoms with E-state index in [1.165, 1.54) is 12.1 Å². The van der Waals surface area contributed by atoms with E-state index in [9.17, 15) is 9.18 Å². The molecule has 4 nitrogen and oxygen atoms in total. The lowest BCUT2D eigenvalue weighted by Crippen LogP contribution is -2.50. The average Bonchev–Trinajstić information content (AvgIpc) is 2.46. The van der Waals surface area contributed by atoms with Gasteiger partial charge in [0.1, 0.15) is 11.4 Å². The highest BCUT2D eigenvalue weighted by molar-refractivity contribution is 5.68. The van der Waals surface area contributed by atoms with Crippen molar-refractivity contribution in [2.45, 2.75) is 39.3 Å². The Morgan fingerprint density at radius 3 is 2.18 bits per heavy atom. The van der Waals surface area contributed by atoms with Crippen molar-refractivity contribution < 1.29 is 13.9 Å². The maximum absolute atomic E-state index is 13.0. The van der Waals surface area contributed by atoms with Crippen molar-refractivity contribution in [3.8, 4) is 0 Å². The van der Waals surface area contributed by atoms with E-state index < -0.39 is 5.60 Å². The van der Waals surface area contributed by atoms with Crippen molar-refractivity contribution in [1.29, 1.82) is 0 Å². The fourth-order valence-electron chi connectivity index (χ4n) is 2.57. The summed E-state index contributed by atoms with van der Waals surface area (Å²) in [4.78, 5) is 16.1. The molecule has 1 aromatic rings. The molecule has 1 aliphatic rings. The molecule has 0 bridgehead atoms. The third-order valence-corrected chi connectivity index (χ3v) is 3.87. The van der Waals surface area contributed by atoms with Gasteiger partial charge in [-0.2, -0.15) is 0 Å². The lowest BCUT2D eigenvalue weighted by atomic mass is 10.1. The SMILES string of the molecule is C[C@@H](c1ccc(F)cc1)N1CCN(C(=O)OC(C)(C)C)CC1. The number of ether oxygens (including phenoxy) is 1. The molecule has 0 N–H and O–H groups in total. The largest absolute Gasteiger partial charge is 0.444 e. The van der Waals surface area contributed by atoms with Gasteiger partial charge in [0, 0.05) is 32.2 Å². The van der Waals surface area contributed by atoms with Crippen LogP contribution in [0.25, 0.3) is 0 Å². The van der Waals surface area contributed by atoms with Crippen LogP contribution >= 0.6 is 0 Å². The zero-order valence-corrected chi connectivity index (χ0v) is 13.8. The Kier molecular flexibility index (Phi) is 5.06. The predicted molar refractivity (Wildman–Crippen MR) is 84.2 cm³/mol. The minimum atomic E-state index is -0.463. The van der Waals surface area contributed by atoms with E-state index in [0.717, 1.165) is 18.7 Å². The number of hydrogen-bond donors (Lipinski definition) is 0. The summed E-state index contributed by atoms with van der Waals surface area (Å²) in [5.41, 5.74) is 0.627. The summed E-state index contributed by atoms with van der Waals surface area (Å²) in [6, 6.07) is 6.83. The molecule has 0 aromatic heterocycles. The fraction of sp³-hybridized carbons (Fsp3) is 0.588. The number of carbonyl (C=O) groups is 1. The summed E-state index contributed by atoms with van der Waals surface area (Å²) in [7, 11) is 0. The van der Waals surface area contributed by atoms with E-state index in [1.54, 1.807) is 4.90 Å². The lowest BCUT2D eigenvalue weighted by Gasteiger charge is -2.38. The maximum Gasteiger partial charge on any atom is 0.410 e. The highest BCUT2D eigenvalue weighted by Gasteiger charge is 2.27. The molecule has 1 aromatic carbocycles. The second-order valence-corrected chi connectivity index (χ2v) is 6.73. The topological polar surface area (TPSA) is 32.8 Å². The molecule has 0 radical (unpaired) electrons. The first-order valence-electron chi connectivity index (χ1n) is 7.74. The predicted octanol–water partition coefficient (Wildman–Crippen LogP) is 3.44. The number of piperazine rings is 1. The van der Waals surface area contributed by atoms with E-state index in [2.05, 4.69) is 11.8 Å². The van der Waals surface area contributed by atoms with Gasteiger partial charge in [0.05, 0.1) is 0 Å². The lowest BCUT2D eigenvalue weighted by molar-refractivity contribution is 0.0110. The summed E-state index contributed by atoms with van der Waals surface area (Å²) >= 11 is 0. The Labute approximate surface area is 131 Å². The van der Waals surface area contributed by atoms with Gasteiger partial charge in [0.25, 0.3) is 0 Å². The number of nitrogens with zero attached hydrogens (tertiary/aromatic N) is 2. The van der Waals surface area contributed by atoms with Gasteiger partial charge in [-0.25, -0.2) is 9.18 Å². The van der Waals surface area contributed by atoms with Gasteiger partial charge >= 0.3 is 6.09 Å². The second-order valence-electron chi connectivity index (χ2n) is 6.73. The molecule has 1 fully saturated rings. The van der Waals surface area contributed by atoms with Gasteiger partial charge in [0.15, 0.2) is 0 Å².